The Morgan fingerprint density at radius 3 is 2.85 bits per heavy atom. The summed E-state index contributed by atoms with van der Waals surface area (Å²) in [5.41, 5.74) is 3.47. The van der Waals surface area contributed by atoms with Crippen molar-refractivity contribution in [3.8, 4) is 0 Å². The zero-order valence-electron chi connectivity index (χ0n) is 13.7. The number of hydrogen-bond acceptors (Lipinski definition) is 6. The number of rotatable bonds is 4. The van der Waals surface area contributed by atoms with Gasteiger partial charge in [-0.05, 0) is 37.3 Å². The van der Waals surface area contributed by atoms with E-state index in [1.807, 2.05) is 31.2 Å². The van der Waals surface area contributed by atoms with Crippen molar-refractivity contribution in [3.63, 3.8) is 0 Å². The minimum Gasteiger partial charge on any atom is -0.408 e. The maximum atomic E-state index is 11.3. The number of aryl methyl sites for hydroxylation is 1. The molecular weight excluding hydrogens is 354 g/mol. The van der Waals surface area contributed by atoms with Gasteiger partial charge in [-0.15, -0.1) is 0 Å². The van der Waals surface area contributed by atoms with Crippen molar-refractivity contribution in [2.24, 2.45) is 0 Å². The molecule has 0 radical (unpaired) electrons. The average molecular weight is 368 g/mol. The number of halogens is 1. The number of nitrogens with zero attached hydrogens (tertiary/aromatic N) is 2. The second-order valence-electron chi connectivity index (χ2n) is 5.68. The van der Waals surface area contributed by atoms with Gasteiger partial charge in [-0.3, -0.25) is 4.98 Å². The van der Waals surface area contributed by atoms with Gasteiger partial charge in [0.1, 0.15) is 5.82 Å². The molecule has 0 aliphatic heterocycles. The summed E-state index contributed by atoms with van der Waals surface area (Å²) in [4.78, 5) is 22.7. The van der Waals surface area contributed by atoms with E-state index in [0.717, 1.165) is 16.9 Å². The van der Waals surface area contributed by atoms with Crippen molar-refractivity contribution in [3.05, 3.63) is 69.8 Å². The molecular formula is C18H14ClN5O2. The molecule has 3 N–H and O–H groups in total. The molecule has 130 valence electrons. The van der Waals surface area contributed by atoms with Crippen LogP contribution in [-0.4, -0.2) is 15.0 Å². The van der Waals surface area contributed by atoms with Gasteiger partial charge in [0, 0.05) is 17.4 Å². The predicted molar refractivity (Wildman–Crippen MR) is 102 cm³/mol. The molecule has 7 nitrogen and oxygen atoms in total. The van der Waals surface area contributed by atoms with Crippen molar-refractivity contribution >= 4 is 45.8 Å². The highest BCUT2D eigenvalue weighted by Gasteiger charge is 2.08. The van der Waals surface area contributed by atoms with Crippen LogP contribution in [0.4, 0.5) is 23.1 Å². The van der Waals surface area contributed by atoms with Gasteiger partial charge in [0.15, 0.2) is 5.58 Å². The molecule has 0 amide bonds. The Labute approximate surface area is 153 Å². The Morgan fingerprint density at radius 1 is 1.15 bits per heavy atom. The molecule has 0 saturated carbocycles. The summed E-state index contributed by atoms with van der Waals surface area (Å²) < 4.78 is 5.01. The standard InChI is InChI=1S/C18H14ClN5O2/c1-10-9-20-17(22-13-5-3-2-4-12(13)19)24-16(10)21-11-6-7-15-14(8-11)23-18(25)26-15/h2-9H,1H3,(H,23,25)(H2,20,21,22,24). The quantitative estimate of drug-likeness (QED) is 0.496. The number of fused-ring (bicyclic) bond motifs is 1. The van der Waals surface area contributed by atoms with Gasteiger partial charge in [-0.25, -0.2) is 9.78 Å². The summed E-state index contributed by atoms with van der Waals surface area (Å²) in [6, 6.07) is 12.7. The fourth-order valence-electron chi connectivity index (χ4n) is 2.48. The van der Waals surface area contributed by atoms with Gasteiger partial charge in [0.25, 0.3) is 0 Å². The highest BCUT2D eigenvalue weighted by molar-refractivity contribution is 6.33. The zero-order valence-corrected chi connectivity index (χ0v) is 14.5. The fraction of sp³-hybridized carbons (Fsp3) is 0.0556. The van der Waals surface area contributed by atoms with Crippen LogP contribution < -0.4 is 16.4 Å². The third-order valence-corrected chi connectivity index (χ3v) is 4.10. The van der Waals surface area contributed by atoms with Gasteiger partial charge in [-0.1, -0.05) is 23.7 Å². The fourth-order valence-corrected chi connectivity index (χ4v) is 2.66. The van der Waals surface area contributed by atoms with E-state index in [9.17, 15) is 4.79 Å². The summed E-state index contributed by atoms with van der Waals surface area (Å²) >= 11 is 6.16. The Bertz CT molecular complexity index is 1150. The molecule has 0 unspecified atom stereocenters. The smallest absolute Gasteiger partial charge is 0.408 e. The molecule has 0 saturated heterocycles. The Morgan fingerprint density at radius 2 is 2.00 bits per heavy atom. The number of hydrogen-bond donors (Lipinski definition) is 3. The first kappa shape index (κ1) is 16.2. The van der Waals surface area contributed by atoms with E-state index in [0.29, 0.717) is 27.9 Å². The van der Waals surface area contributed by atoms with Crippen molar-refractivity contribution in [2.45, 2.75) is 6.92 Å². The molecule has 2 aromatic heterocycles. The third kappa shape index (κ3) is 3.25. The molecule has 2 heterocycles. The van der Waals surface area contributed by atoms with E-state index in [-0.39, 0.29) is 0 Å². The lowest BCUT2D eigenvalue weighted by atomic mass is 10.2. The van der Waals surface area contributed by atoms with Crippen molar-refractivity contribution in [2.75, 3.05) is 10.6 Å². The molecule has 0 atom stereocenters. The van der Waals surface area contributed by atoms with Crippen LogP contribution >= 0.6 is 11.6 Å². The van der Waals surface area contributed by atoms with Gasteiger partial charge in [0.2, 0.25) is 5.95 Å². The number of benzene rings is 2. The van der Waals surface area contributed by atoms with Gasteiger partial charge >= 0.3 is 5.76 Å². The van der Waals surface area contributed by atoms with Gasteiger partial charge in [-0.2, -0.15) is 4.98 Å². The normalized spacial score (nSPS) is 10.8. The first-order valence-corrected chi connectivity index (χ1v) is 8.21. The maximum absolute atomic E-state index is 11.3. The minimum absolute atomic E-state index is 0.420. The number of H-pyrrole nitrogens is 1. The van der Waals surface area contributed by atoms with Crippen LogP contribution in [0.15, 0.2) is 57.9 Å². The minimum atomic E-state index is -0.485. The van der Waals surface area contributed by atoms with Crippen LogP contribution in [0.3, 0.4) is 0 Å². The summed E-state index contributed by atoms with van der Waals surface area (Å²) in [5.74, 6) is 0.574. The highest BCUT2D eigenvalue weighted by Crippen LogP contribution is 2.26. The Hall–Kier alpha value is -3.32. The number of anilines is 4. The van der Waals surface area contributed by atoms with Crippen molar-refractivity contribution in [1.29, 1.82) is 0 Å². The van der Waals surface area contributed by atoms with E-state index in [2.05, 4.69) is 25.6 Å². The molecule has 26 heavy (non-hydrogen) atoms. The van der Waals surface area contributed by atoms with Gasteiger partial charge < -0.3 is 15.1 Å². The molecule has 4 rings (SSSR count). The van der Waals surface area contributed by atoms with E-state index in [1.165, 1.54) is 0 Å². The van der Waals surface area contributed by atoms with Crippen LogP contribution in [0.5, 0.6) is 0 Å². The summed E-state index contributed by atoms with van der Waals surface area (Å²) in [7, 11) is 0. The number of aromatic amines is 1. The highest BCUT2D eigenvalue weighted by atomic mass is 35.5. The lowest BCUT2D eigenvalue weighted by molar-refractivity contribution is 0.555. The third-order valence-electron chi connectivity index (χ3n) is 3.77. The predicted octanol–water partition coefficient (Wildman–Crippen LogP) is 4.36. The van der Waals surface area contributed by atoms with E-state index in [4.69, 9.17) is 16.0 Å². The molecule has 0 spiro atoms. The molecule has 4 aromatic rings. The number of aromatic nitrogens is 3. The maximum Gasteiger partial charge on any atom is 0.417 e. The Balaban J connectivity index is 1.63. The number of nitrogens with one attached hydrogen (secondary N) is 3. The zero-order chi connectivity index (χ0) is 18.1. The lowest BCUT2D eigenvalue weighted by Gasteiger charge is -2.11. The molecule has 0 fully saturated rings. The Kier molecular flexibility index (Phi) is 4.06. The first-order valence-electron chi connectivity index (χ1n) is 7.83. The number of para-hydroxylation sites is 1. The van der Waals surface area contributed by atoms with Crippen molar-refractivity contribution in [1.82, 2.24) is 15.0 Å². The average Bonchev–Trinajstić information content (AvgIpc) is 2.99. The van der Waals surface area contributed by atoms with Gasteiger partial charge in [0.05, 0.1) is 16.2 Å². The lowest BCUT2D eigenvalue weighted by Crippen LogP contribution is -2.03. The first-order chi connectivity index (χ1) is 12.6. The van der Waals surface area contributed by atoms with E-state index >= 15 is 0 Å². The molecule has 2 aromatic carbocycles. The molecule has 0 aliphatic rings. The van der Waals surface area contributed by atoms with Crippen LogP contribution in [0.1, 0.15) is 5.56 Å². The number of oxazole rings is 1. The molecule has 8 heteroatoms. The summed E-state index contributed by atoms with van der Waals surface area (Å²) in [6.07, 6.45) is 1.72. The summed E-state index contributed by atoms with van der Waals surface area (Å²) in [6.45, 7) is 1.90. The second kappa shape index (κ2) is 6.53. The molecule has 0 aliphatic carbocycles. The molecule has 0 bridgehead atoms. The van der Waals surface area contributed by atoms with Crippen molar-refractivity contribution < 1.29 is 4.42 Å². The second-order valence-corrected chi connectivity index (χ2v) is 6.09. The van der Waals surface area contributed by atoms with Crippen LogP contribution in [-0.2, 0) is 0 Å². The van der Waals surface area contributed by atoms with E-state index < -0.39 is 5.76 Å². The SMILES string of the molecule is Cc1cnc(Nc2ccccc2Cl)nc1Nc1ccc2oc(=O)[nH]c2c1. The van der Waals surface area contributed by atoms with E-state index in [1.54, 1.807) is 24.4 Å². The topological polar surface area (TPSA) is 95.8 Å². The summed E-state index contributed by atoms with van der Waals surface area (Å²) in [5, 5.41) is 6.91. The van der Waals surface area contributed by atoms with Crippen LogP contribution in [0.25, 0.3) is 11.1 Å². The van der Waals surface area contributed by atoms with Crippen LogP contribution in [0.2, 0.25) is 5.02 Å². The largest absolute Gasteiger partial charge is 0.417 e. The monoisotopic (exact) mass is 367 g/mol. The van der Waals surface area contributed by atoms with Crippen LogP contribution in [0, 0.1) is 6.92 Å².